The molecular weight excluding hydrogens is 270 g/mol. The Labute approximate surface area is 115 Å². The summed E-state index contributed by atoms with van der Waals surface area (Å²) in [5, 5.41) is 11.9. The van der Waals surface area contributed by atoms with Crippen molar-refractivity contribution in [1.29, 1.82) is 0 Å². The van der Waals surface area contributed by atoms with Crippen LogP contribution in [0.3, 0.4) is 0 Å². The van der Waals surface area contributed by atoms with E-state index in [0.29, 0.717) is 32.4 Å². The second-order valence-electron chi connectivity index (χ2n) is 4.55. The first kappa shape index (κ1) is 14.4. The molecule has 0 aliphatic carbocycles. The summed E-state index contributed by atoms with van der Waals surface area (Å²) in [6, 6.07) is 0. The number of carbonyl (C=O) groups is 2. The molecule has 0 spiro atoms. The summed E-state index contributed by atoms with van der Waals surface area (Å²) < 4.78 is 9.91. The van der Waals surface area contributed by atoms with Crippen LogP contribution in [-0.4, -0.2) is 53.3 Å². The smallest absolute Gasteiger partial charge is 0.306 e. The lowest BCUT2D eigenvalue weighted by atomic mass is 9.98. The number of hydrogen-bond acceptors (Lipinski definition) is 6. The molecule has 0 atom stereocenters. The van der Waals surface area contributed by atoms with E-state index in [0.717, 1.165) is 0 Å². The first-order valence-electron chi connectivity index (χ1n) is 6.66. The molecule has 0 amide bonds. The number of carboxylic acid groups (broad SMARTS) is 1. The molecular formula is C11H19N3O6. The van der Waals surface area contributed by atoms with Gasteiger partial charge < -0.3 is 14.7 Å². The van der Waals surface area contributed by atoms with E-state index in [9.17, 15) is 9.59 Å². The number of nitrogens with zero attached hydrogens (tertiary/aromatic N) is 3. The van der Waals surface area contributed by atoms with Crippen LogP contribution in [0.15, 0.2) is 4.63 Å². The molecule has 9 nitrogen and oxygen atoms in total. The van der Waals surface area contributed by atoms with Gasteiger partial charge >= 0.3 is 11.9 Å². The van der Waals surface area contributed by atoms with E-state index in [1.807, 2.05) is 5.01 Å². The number of hydrogen-bond donors (Lipinski definition) is 1. The Bertz CT molecular complexity index is 440. The van der Waals surface area contributed by atoms with Gasteiger partial charge in [-0.25, -0.2) is 0 Å². The molecule has 1 aromatic heterocycles. The maximum absolute atomic E-state index is 10.9. The third-order valence-corrected chi connectivity index (χ3v) is 3.16. The zero-order valence-corrected chi connectivity index (χ0v) is 11.4. The number of ether oxygens (including phenoxy) is 1. The van der Waals surface area contributed by atoms with E-state index in [4.69, 9.17) is 19.3 Å². The number of esters is 1. The number of rotatable bonds is 7. The molecule has 20 heavy (non-hydrogen) atoms. The van der Waals surface area contributed by atoms with Gasteiger partial charge in [0, 0.05) is 24.5 Å². The largest absolute Gasteiger partial charge is 0.481 e. The zero-order chi connectivity index (χ0) is 14.5. The minimum atomic E-state index is -0.748. The van der Waals surface area contributed by atoms with Crippen LogP contribution in [0.2, 0.25) is 0 Å². The third kappa shape index (κ3) is 3.72. The van der Waals surface area contributed by atoms with E-state index in [-0.39, 0.29) is 25.1 Å². The van der Waals surface area contributed by atoms with Crippen LogP contribution in [0, 0.1) is 5.92 Å². The number of aliphatic carboxylic acids is 1. The molecule has 1 N–H and O–H groups in total. The Balaban J connectivity index is 1.63. The van der Waals surface area contributed by atoms with E-state index < -0.39 is 5.97 Å². The van der Waals surface area contributed by atoms with E-state index >= 15 is 0 Å². The summed E-state index contributed by atoms with van der Waals surface area (Å²) in [6.07, 6.45) is 1.50. The molecule has 2 heterocycles. The summed E-state index contributed by atoms with van der Waals surface area (Å²) in [6.45, 7) is 3.29. The Hall–Kier alpha value is -2.06. The average Bonchev–Trinajstić information content (AvgIpc) is 3.23. The summed E-state index contributed by atoms with van der Waals surface area (Å²) >= 11 is 0. The monoisotopic (exact) mass is 289 g/mol. The molecule has 0 saturated carbocycles. The lowest BCUT2D eigenvalue weighted by Crippen LogP contribution is -2.42. The van der Waals surface area contributed by atoms with Gasteiger partial charge in [-0.15, -0.1) is 0 Å². The fourth-order valence-electron chi connectivity index (χ4n) is 1.93. The number of carboxylic acids is 1. The van der Waals surface area contributed by atoms with Crippen LogP contribution < -0.4 is 9.85 Å². The van der Waals surface area contributed by atoms with Crippen LogP contribution in [0.4, 0.5) is 0 Å². The van der Waals surface area contributed by atoms with Gasteiger partial charge in [-0.2, -0.15) is 4.63 Å². The Morgan fingerprint density at radius 2 is 2.00 bits per heavy atom. The average molecular weight is 289 g/mol. The van der Waals surface area contributed by atoms with Crippen molar-refractivity contribution in [3.63, 3.8) is 0 Å². The summed E-state index contributed by atoms with van der Waals surface area (Å²) in [7, 11) is 0. The van der Waals surface area contributed by atoms with Gasteiger partial charge in [-0.1, -0.05) is 6.92 Å². The van der Waals surface area contributed by atoms with Gasteiger partial charge in [-0.05, 0) is 12.8 Å². The highest BCUT2D eigenvalue weighted by Crippen LogP contribution is 2.17. The van der Waals surface area contributed by atoms with Gasteiger partial charge in [0.25, 0.3) is 0 Å². The second-order valence-corrected chi connectivity index (χ2v) is 4.55. The minimum Gasteiger partial charge on any atom is -0.481 e. The zero-order valence-electron chi connectivity index (χ0n) is 11.4. The Morgan fingerprint density at radius 3 is 2.60 bits per heavy atom. The van der Waals surface area contributed by atoms with Crippen molar-refractivity contribution < 1.29 is 28.9 Å². The molecule has 114 valence electrons. The van der Waals surface area contributed by atoms with Gasteiger partial charge in [-0.3, -0.25) is 14.6 Å². The van der Waals surface area contributed by atoms with Crippen LogP contribution in [0.25, 0.3) is 0 Å². The fraction of sp³-hybridized carbons (Fsp3) is 0.818. The van der Waals surface area contributed by atoms with Crippen molar-refractivity contribution in [2.24, 2.45) is 5.92 Å². The predicted octanol–water partition coefficient (Wildman–Crippen LogP) is -0.303. The highest BCUT2D eigenvalue weighted by atomic mass is 17.0. The number of aromatic nitrogens is 2. The minimum absolute atomic E-state index is 0.168. The van der Waals surface area contributed by atoms with Gasteiger partial charge in [0.05, 0.1) is 5.92 Å². The van der Waals surface area contributed by atoms with Crippen molar-refractivity contribution in [2.75, 3.05) is 31.3 Å². The molecule has 1 aliphatic rings. The van der Waals surface area contributed by atoms with Crippen molar-refractivity contribution in [3.8, 4) is 0 Å². The molecule has 2 rings (SSSR count). The Kier molecular flexibility index (Phi) is 4.59. The molecule has 0 radical (unpaired) electrons. The molecule has 9 heteroatoms. The maximum Gasteiger partial charge on any atom is 0.306 e. The quantitative estimate of drug-likeness (QED) is 0.543. The topological polar surface area (TPSA) is 99.1 Å². The molecule has 1 saturated heterocycles. The molecule has 1 aliphatic heterocycles. The van der Waals surface area contributed by atoms with Crippen molar-refractivity contribution in [3.05, 3.63) is 0 Å². The molecule has 0 aromatic carbocycles. The second kappa shape index (κ2) is 6.40. The lowest BCUT2D eigenvalue weighted by Gasteiger charge is -2.26. The van der Waals surface area contributed by atoms with E-state index in [1.165, 1.54) is 9.98 Å². The fourth-order valence-corrected chi connectivity index (χ4v) is 1.93. The van der Waals surface area contributed by atoms with E-state index in [2.05, 4.69) is 0 Å². The predicted molar refractivity (Wildman–Crippen MR) is 65.7 cm³/mol. The van der Waals surface area contributed by atoms with Crippen LogP contribution >= 0.6 is 0 Å². The standard InChI is InChI=1S/C11H19N3O6/c1-2-10(15)18-7-8-19-14-13(20-14)12-5-3-9(4-6-12)11(16)17/h9H,2-8H2,1H3,(H,16,17). The summed E-state index contributed by atoms with van der Waals surface area (Å²) in [5.41, 5.74) is 0. The molecule has 0 bridgehead atoms. The van der Waals surface area contributed by atoms with Crippen LogP contribution in [0.1, 0.15) is 26.2 Å². The summed E-state index contributed by atoms with van der Waals surface area (Å²) in [5.74, 6) is -1.30. The van der Waals surface area contributed by atoms with Gasteiger partial charge in [0.1, 0.15) is 11.6 Å². The number of carbonyl (C=O) groups excluding carboxylic acids is 1. The summed E-state index contributed by atoms with van der Waals surface area (Å²) in [4.78, 5) is 28.3. The van der Waals surface area contributed by atoms with E-state index in [1.54, 1.807) is 6.92 Å². The lowest BCUT2D eigenvalue weighted by molar-refractivity contribution is -0.145. The molecule has 0 unspecified atom stereocenters. The number of piperidine rings is 1. The third-order valence-electron chi connectivity index (χ3n) is 3.16. The van der Waals surface area contributed by atoms with Gasteiger partial charge in [0.2, 0.25) is 0 Å². The van der Waals surface area contributed by atoms with Gasteiger partial charge in [0.15, 0.2) is 6.61 Å². The highest BCUT2D eigenvalue weighted by molar-refractivity contribution is 5.70. The Morgan fingerprint density at radius 1 is 1.30 bits per heavy atom. The SMILES string of the molecule is CCC(=O)OCCOn1on1N1CCC(C(=O)O)CC1. The first-order chi connectivity index (χ1) is 9.61. The van der Waals surface area contributed by atoms with Crippen molar-refractivity contribution in [2.45, 2.75) is 26.2 Å². The highest BCUT2D eigenvalue weighted by Gasteiger charge is 2.29. The molecule has 1 fully saturated rings. The van der Waals surface area contributed by atoms with Crippen molar-refractivity contribution >= 4 is 11.9 Å². The normalized spacial score (nSPS) is 16.4. The first-order valence-corrected chi connectivity index (χ1v) is 6.66. The maximum atomic E-state index is 10.9. The van der Waals surface area contributed by atoms with Crippen LogP contribution in [-0.2, 0) is 14.3 Å². The van der Waals surface area contributed by atoms with Crippen LogP contribution in [0.5, 0.6) is 0 Å². The van der Waals surface area contributed by atoms with Crippen molar-refractivity contribution in [1.82, 2.24) is 9.98 Å². The molecule has 1 aromatic rings.